The quantitative estimate of drug-likeness (QED) is 0.707. The Hall–Kier alpha value is -3.19. The Bertz CT molecular complexity index is 1110. The molecule has 1 aliphatic heterocycles. The minimum absolute atomic E-state index is 0.122. The fourth-order valence-electron chi connectivity index (χ4n) is 4.19. The van der Waals surface area contributed by atoms with E-state index < -0.39 is 0 Å². The van der Waals surface area contributed by atoms with Gasteiger partial charge in [0, 0.05) is 34.9 Å². The highest BCUT2D eigenvalue weighted by Gasteiger charge is 2.37. The Balaban J connectivity index is 1.54. The van der Waals surface area contributed by atoms with Crippen LogP contribution in [-0.4, -0.2) is 34.1 Å². The van der Waals surface area contributed by atoms with E-state index in [4.69, 9.17) is 20.2 Å². The van der Waals surface area contributed by atoms with Crippen molar-refractivity contribution in [3.05, 3.63) is 47.8 Å². The van der Waals surface area contributed by atoms with Gasteiger partial charge in [0.2, 0.25) is 6.79 Å². The minimum Gasteiger partial charge on any atom is -0.454 e. The highest BCUT2D eigenvalue weighted by molar-refractivity contribution is 6.00. The summed E-state index contributed by atoms with van der Waals surface area (Å²) in [7, 11) is 0. The normalized spacial score (nSPS) is 20.0. The fraction of sp³-hybridized carbons (Fsp3) is 0.318. The molecule has 148 valence electrons. The third-order valence-electron chi connectivity index (χ3n) is 5.88. The topological polar surface area (TPSA) is 103 Å². The second-order valence-electron chi connectivity index (χ2n) is 7.83. The summed E-state index contributed by atoms with van der Waals surface area (Å²) >= 11 is 0. The Morgan fingerprint density at radius 2 is 2.07 bits per heavy atom. The zero-order chi connectivity index (χ0) is 20.0. The lowest BCUT2D eigenvalue weighted by Gasteiger charge is -2.32. The number of nitrogens with two attached hydrogens (primary N) is 1. The molecule has 1 aliphatic carbocycles. The molecule has 3 heterocycles. The maximum absolute atomic E-state index is 12.5. The molecule has 7 nitrogen and oxygen atoms in total. The summed E-state index contributed by atoms with van der Waals surface area (Å²) < 4.78 is 10.8. The van der Waals surface area contributed by atoms with E-state index in [1.54, 1.807) is 6.20 Å². The van der Waals surface area contributed by atoms with Crippen molar-refractivity contribution in [3.8, 4) is 34.3 Å². The van der Waals surface area contributed by atoms with Gasteiger partial charge in [0.05, 0.1) is 11.4 Å². The van der Waals surface area contributed by atoms with E-state index >= 15 is 0 Å². The fourth-order valence-corrected chi connectivity index (χ4v) is 4.19. The van der Waals surface area contributed by atoms with Crippen LogP contribution >= 0.6 is 0 Å². The van der Waals surface area contributed by atoms with Crippen LogP contribution in [0.4, 0.5) is 0 Å². The molecule has 1 unspecified atom stereocenters. The van der Waals surface area contributed by atoms with Crippen molar-refractivity contribution in [2.24, 2.45) is 5.73 Å². The molecule has 0 fully saturated rings. The average Bonchev–Trinajstić information content (AvgIpc) is 3.39. The van der Waals surface area contributed by atoms with Crippen LogP contribution in [0, 0.1) is 0 Å². The number of Topliss-reactive ketones (excluding diaryl/α,β-unsaturated/α-hetero) is 1. The molecule has 29 heavy (non-hydrogen) atoms. The molecule has 0 bridgehead atoms. The summed E-state index contributed by atoms with van der Waals surface area (Å²) in [6, 6.07) is 9.41. The van der Waals surface area contributed by atoms with E-state index in [9.17, 15) is 4.79 Å². The second kappa shape index (κ2) is 6.70. The van der Waals surface area contributed by atoms with Crippen LogP contribution in [0.5, 0.6) is 11.5 Å². The van der Waals surface area contributed by atoms with E-state index in [-0.39, 0.29) is 18.0 Å². The van der Waals surface area contributed by atoms with Crippen molar-refractivity contribution < 1.29 is 14.3 Å². The lowest BCUT2D eigenvalue weighted by molar-refractivity contribution is 0.0952. The van der Waals surface area contributed by atoms with Crippen molar-refractivity contribution in [1.29, 1.82) is 0 Å². The molecule has 2 aliphatic rings. The molecule has 3 N–H and O–H groups in total. The maximum Gasteiger partial charge on any atom is 0.231 e. The van der Waals surface area contributed by atoms with E-state index in [2.05, 4.69) is 16.9 Å². The summed E-state index contributed by atoms with van der Waals surface area (Å²) in [6.07, 6.45) is 3.91. The van der Waals surface area contributed by atoms with Gasteiger partial charge in [-0.3, -0.25) is 4.79 Å². The van der Waals surface area contributed by atoms with Crippen molar-refractivity contribution >= 4 is 5.78 Å². The molecule has 0 radical (unpaired) electrons. The first kappa shape index (κ1) is 17.9. The lowest BCUT2D eigenvalue weighted by atomic mass is 9.72. The third kappa shape index (κ3) is 2.98. The number of benzene rings is 1. The first-order chi connectivity index (χ1) is 14.1. The Kier molecular flexibility index (Phi) is 4.13. The number of hydrogen-bond donors (Lipinski definition) is 2. The molecular weight excluding hydrogens is 368 g/mol. The molecule has 1 atom stereocenters. The summed E-state index contributed by atoms with van der Waals surface area (Å²) in [5.41, 5.74) is 9.84. The van der Waals surface area contributed by atoms with Crippen LogP contribution < -0.4 is 15.2 Å². The van der Waals surface area contributed by atoms with Gasteiger partial charge in [-0.25, -0.2) is 9.97 Å². The van der Waals surface area contributed by atoms with E-state index in [0.29, 0.717) is 24.5 Å². The largest absolute Gasteiger partial charge is 0.454 e. The molecule has 0 spiro atoms. The number of carbonyl (C=O) groups is 1. The van der Waals surface area contributed by atoms with E-state index in [0.717, 1.165) is 46.8 Å². The number of aromatic amines is 1. The highest BCUT2D eigenvalue weighted by atomic mass is 16.7. The Morgan fingerprint density at radius 3 is 2.93 bits per heavy atom. The summed E-state index contributed by atoms with van der Waals surface area (Å²) in [4.78, 5) is 25.1. The van der Waals surface area contributed by atoms with Crippen molar-refractivity contribution in [3.63, 3.8) is 0 Å². The van der Waals surface area contributed by atoms with Gasteiger partial charge in [-0.1, -0.05) is 6.92 Å². The van der Waals surface area contributed by atoms with Crippen LogP contribution in [0.1, 0.15) is 42.2 Å². The van der Waals surface area contributed by atoms with Gasteiger partial charge in [0.15, 0.2) is 23.1 Å². The predicted molar refractivity (Wildman–Crippen MR) is 108 cm³/mol. The monoisotopic (exact) mass is 390 g/mol. The number of aromatic nitrogens is 3. The molecule has 0 saturated carbocycles. The van der Waals surface area contributed by atoms with Gasteiger partial charge < -0.3 is 20.2 Å². The number of ketones is 1. The van der Waals surface area contributed by atoms with Crippen molar-refractivity contribution in [1.82, 2.24) is 15.0 Å². The van der Waals surface area contributed by atoms with E-state index in [1.807, 2.05) is 30.3 Å². The second-order valence-corrected chi connectivity index (χ2v) is 7.83. The number of nitrogens with zero attached hydrogens (tertiary/aromatic N) is 2. The molecule has 3 aromatic rings. The zero-order valence-corrected chi connectivity index (χ0v) is 16.2. The first-order valence-electron chi connectivity index (χ1n) is 9.78. The van der Waals surface area contributed by atoms with Crippen molar-refractivity contribution in [2.75, 3.05) is 13.3 Å². The standard InChI is InChI=1S/C22H22N4O3/c1-22(7-8-23)6-4-17(27)14-11-16(25-20(14)22)15-5-9-24-21(26-15)13-2-3-18-19(10-13)29-12-28-18/h2-3,5,9-11,25H,4,6-8,12,23H2,1H3. The number of rotatable bonds is 4. The molecule has 0 saturated heterocycles. The van der Waals surface area contributed by atoms with Crippen LogP contribution in [0.2, 0.25) is 0 Å². The molecular formula is C22H22N4O3. The zero-order valence-electron chi connectivity index (χ0n) is 16.2. The molecule has 2 aromatic heterocycles. The van der Waals surface area contributed by atoms with Crippen LogP contribution in [0.15, 0.2) is 36.5 Å². The van der Waals surface area contributed by atoms with E-state index in [1.165, 1.54) is 0 Å². The van der Waals surface area contributed by atoms with Gasteiger partial charge >= 0.3 is 0 Å². The minimum atomic E-state index is -0.122. The summed E-state index contributed by atoms with van der Waals surface area (Å²) in [5.74, 6) is 2.17. The Morgan fingerprint density at radius 1 is 1.21 bits per heavy atom. The van der Waals surface area contributed by atoms with Gasteiger partial charge in [-0.05, 0) is 49.7 Å². The van der Waals surface area contributed by atoms with Crippen molar-refractivity contribution in [2.45, 2.75) is 31.6 Å². The first-order valence-corrected chi connectivity index (χ1v) is 9.78. The van der Waals surface area contributed by atoms with Crippen LogP contribution in [0.3, 0.4) is 0 Å². The molecule has 0 amide bonds. The number of hydrogen-bond acceptors (Lipinski definition) is 6. The number of ether oxygens (including phenoxy) is 2. The average molecular weight is 390 g/mol. The number of fused-ring (bicyclic) bond motifs is 2. The van der Waals surface area contributed by atoms with Gasteiger partial charge in [-0.15, -0.1) is 0 Å². The van der Waals surface area contributed by atoms with Crippen LogP contribution in [0.25, 0.3) is 22.8 Å². The number of H-pyrrole nitrogens is 1. The lowest BCUT2D eigenvalue weighted by Crippen LogP contribution is -2.32. The third-order valence-corrected chi connectivity index (χ3v) is 5.88. The summed E-state index contributed by atoms with van der Waals surface area (Å²) in [5, 5.41) is 0. The smallest absolute Gasteiger partial charge is 0.231 e. The van der Waals surface area contributed by atoms with Gasteiger partial charge in [0.25, 0.3) is 0 Å². The SMILES string of the molecule is CC1(CCN)CCC(=O)c2cc(-c3ccnc(-c4ccc5c(c4)OCO5)n3)[nH]c21. The van der Waals surface area contributed by atoms with Gasteiger partial charge in [0.1, 0.15) is 0 Å². The molecule has 7 heteroatoms. The molecule has 5 rings (SSSR count). The number of nitrogens with one attached hydrogen (secondary N) is 1. The highest BCUT2D eigenvalue weighted by Crippen LogP contribution is 2.41. The Labute approximate surface area is 168 Å². The molecule has 1 aromatic carbocycles. The maximum atomic E-state index is 12.5. The van der Waals surface area contributed by atoms with Gasteiger partial charge in [-0.2, -0.15) is 0 Å². The summed E-state index contributed by atoms with van der Waals surface area (Å²) in [6.45, 7) is 2.98. The number of carbonyl (C=O) groups excluding carboxylic acids is 1. The van der Waals surface area contributed by atoms with Crippen LogP contribution in [-0.2, 0) is 5.41 Å². The predicted octanol–water partition coefficient (Wildman–Crippen LogP) is 3.45.